The number of hydrogen-bond acceptors (Lipinski definition) is 4. The fourth-order valence-electron chi connectivity index (χ4n) is 2.86. The van der Waals surface area contributed by atoms with Crippen LogP contribution in [0.1, 0.15) is 98.8 Å². The Morgan fingerprint density at radius 2 is 1.32 bits per heavy atom. The van der Waals surface area contributed by atoms with Gasteiger partial charge in [0.15, 0.2) is 5.75 Å². The van der Waals surface area contributed by atoms with Crippen LogP contribution in [0, 0.1) is 0 Å². The first-order valence-corrected chi connectivity index (χ1v) is 9.01. The predicted octanol–water partition coefficient (Wildman–Crippen LogP) is 6.38. The fourth-order valence-corrected chi connectivity index (χ4v) is 2.86. The van der Waals surface area contributed by atoms with Gasteiger partial charge in [-0.05, 0) is 59.8 Å². The molecule has 1 aromatic rings. The van der Waals surface area contributed by atoms with Crippen molar-refractivity contribution < 1.29 is 19.9 Å². The summed E-state index contributed by atoms with van der Waals surface area (Å²) in [4.78, 5) is 10.6. The molecule has 0 bridgehead atoms. The molecule has 0 spiro atoms. The van der Waals surface area contributed by atoms with Gasteiger partial charge in [-0.15, -0.1) is 0 Å². The van der Waals surface area contributed by atoms with Gasteiger partial charge in [0.25, 0.3) is 0 Å². The van der Waals surface area contributed by atoms with Crippen LogP contribution in [0.5, 0.6) is 5.75 Å². The monoisotopic (exact) mass is 352 g/mol. The number of benzene rings is 1. The molecule has 0 aliphatic rings. The fraction of sp³-hybridized carbons (Fsp3) is 0.714. The third kappa shape index (κ3) is 6.28. The van der Waals surface area contributed by atoms with E-state index in [1.165, 1.54) is 11.1 Å². The second-order valence-corrected chi connectivity index (χ2v) is 9.97. The van der Waals surface area contributed by atoms with Gasteiger partial charge in [-0.3, -0.25) is 0 Å². The molecular weight excluding hydrogens is 316 g/mol. The summed E-state index contributed by atoms with van der Waals surface area (Å²) in [5, 5.41) is 9.61. The average Bonchev–Trinajstić information content (AvgIpc) is 2.39. The molecule has 4 heteroatoms. The molecule has 4 nitrogen and oxygen atoms in total. The van der Waals surface area contributed by atoms with E-state index in [1.807, 2.05) is 26.8 Å². The Labute approximate surface area is 153 Å². The van der Waals surface area contributed by atoms with E-state index in [-0.39, 0.29) is 10.8 Å². The van der Waals surface area contributed by atoms with Crippen LogP contribution in [-0.2, 0) is 25.8 Å². The average molecular weight is 353 g/mol. The molecule has 0 unspecified atom stereocenters. The maximum atomic E-state index is 5.47. The van der Waals surface area contributed by atoms with E-state index in [0.29, 0.717) is 11.7 Å². The van der Waals surface area contributed by atoms with Crippen molar-refractivity contribution in [3.05, 3.63) is 28.8 Å². The van der Waals surface area contributed by atoms with Crippen LogP contribution in [0.4, 0.5) is 0 Å². The molecule has 0 aliphatic carbocycles. The first-order chi connectivity index (χ1) is 11.1. The molecule has 0 heterocycles. The second kappa shape index (κ2) is 7.65. The van der Waals surface area contributed by atoms with Gasteiger partial charge < -0.3 is 4.89 Å². The van der Waals surface area contributed by atoms with Crippen LogP contribution in [0.2, 0.25) is 0 Å². The highest BCUT2D eigenvalue weighted by molar-refractivity contribution is 5.52. The van der Waals surface area contributed by atoms with Crippen LogP contribution in [0.3, 0.4) is 0 Å². The molecule has 144 valence electrons. The molecule has 25 heavy (non-hydrogen) atoms. The van der Waals surface area contributed by atoms with Crippen molar-refractivity contribution in [3.63, 3.8) is 0 Å². The number of hydrogen-bond donors (Lipinski definition) is 0. The highest BCUT2D eigenvalue weighted by atomic mass is 17.7. The van der Waals surface area contributed by atoms with Gasteiger partial charge in [0, 0.05) is 10.6 Å². The third-order valence-electron chi connectivity index (χ3n) is 3.78. The van der Waals surface area contributed by atoms with E-state index in [9.17, 15) is 0 Å². The minimum atomic E-state index is -0.477. The molecular formula is C21H36O4. The lowest BCUT2D eigenvalue weighted by atomic mass is 9.73. The van der Waals surface area contributed by atoms with Crippen LogP contribution < -0.4 is 4.89 Å². The van der Waals surface area contributed by atoms with Crippen LogP contribution in [-0.4, -0.2) is 5.60 Å². The Morgan fingerprint density at radius 3 is 1.72 bits per heavy atom. The van der Waals surface area contributed by atoms with Gasteiger partial charge in [-0.25, -0.2) is 0 Å². The Hall–Kier alpha value is -1.10. The zero-order chi connectivity index (χ0) is 19.6. The summed E-state index contributed by atoms with van der Waals surface area (Å²) < 4.78 is 0. The van der Waals surface area contributed by atoms with Crippen molar-refractivity contribution in [2.75, 3.05) is 0 Å². The highest BCUT2D eigenvalue weighted by Crippen LogP contribution is 2.43. The van der Waals surface area contributed by atoms with E-state index < -0.39 is 5.60 Å². The van der Waals surface area contributed by atoms with E-state index in [4.69, 9.17) is 19.9 Å². The molecule has 1 rings (SSSR count). The first kappa shape index (κ1) is 21.9. The Balaban J connectivity index is 3.28. The summed E-state index contributed by atoms with van der Waals surface area (Å²) in [5.41, 5.74) is 3.23. The predicted molar refractivity (Wildman–Crippen MR) is 102 cm³/mol. The quantitative estimate of drug-likeness (QED) is 0.350. The van der Waals surface area contributed by atoms with Crippen molar-refractivity contribution in [2.45, 2.75) is 98.5 Å². The van der Waals surface area contributed by atoms with E-state index in [2.05, 4.69) is 61.5 Å². The third-order valence-corrected chi connectivity index (χ3v) is 3.78. The van der Waals surface area contributed by atoms with Gasteiger partial charge in [0.05, 0.1) is 5.60 Å². The van der Waals surface area contributed by atoms with E-state index >= 15 is 0 Å². The zero-order valence-electron chi connectivity index (χ0n) is 17.9. The molecule has 1 aromatic carbocycles. The van der Waals surface area contributed by atoms with Gasteiger partial charge in [0.1, 0.15) is 0 Å². The summed E-state index contributed by atoms with van der Waals surface area (Å²) in [7, 11) is 0. The first-order valence-electron chi connectivity index (χ1n) is 9.01. The van der Waals surface area contributed by atoms with Crippen molar-refractivity contribution in [2.24, 2.45) is 0 Å². The van der Waals surface area contributed by atoms with Crippen LogP contribution >= 0.6 is 0 Å². The highest BCUT2D eigenvalue weighted by Gasteiger charge is 2.30. The summed E-state index contributed by atoms with van der Waals surface area (Å²) in [6.07, 6.45) is 0. The lowest BCUT2D eigenvalue weighted by Crippen LogP contribution is -2.24. The van der Waals surface area contributed by atoms with Gasteiger partial charge in [0.2, 0.25) is 0 Å². The molecule has 0 amide bonds. The molecule has 0 radical (unpaired) electrons. The smallest absolute Gasteiger partial charge is 0.172 e. The number of rotatable bonds is 5. The lowest BCUT2D eigenvalue weighted by molar-refractivity contribution is -0.623. The molecule has 0 N–H and O–H groups in total. The normalized spacial score (nSPS) is 13.4. The van der Waals surface area contributed by atoms with Crippen molar-refractivity contribution in [1.29, 1.82) is 0 Å². The summed E-state index contributed by atoms with van der Waals surface area (Å²) in [6, 6.07) is 4.07. The van der Waals surface area contributed by atoms with Crippen molar-refractivity contribution in [1.82, 2.24) is 0 Å². The summed E-state index contributed by atoms with van der Waals surface area (Å²) >= 11 is 0. The van der Waals surface area contributed by atoms with Crippen molar-refractivity contribution >= 4 is 0 Å². The molecule has 0 saturated heterocycles. The molecule has 0 atom stereocenters. The zero-order valence-corrected chi connectivity index (χ0v) is 17.9. The minimum absolute atomic E-state index is 0.0465. The Morgan fingerprint density at radius 1 is 0.760 bits per heavy atom. The van der Waals surface area contributed by atoms with Crippen LogP contribution in [0.15, 0.2) is 12.1 Å². The minimum Gasteiger partial charge on any atom is -0.306 e. The maximum absolute atomic E-state index is 5.47. The lowest BCUT2D eigenvalue weighted by Gasteiger charge is -2.33. The van der Waals surface area contributed by atoms with Crippen molar-refractivity contribution in [3.8, 4) is 5.75 Å². The largest absolute Gasteiger partial charge is 0.306 e. The molecule has 0 aromatic heterocycles. The van der Waals surface area contributed by atoms with Gasteiger partial charge in [-0.1, -0.05) is 61.5 Å². The van der Waals surface area contributed by atoms with E-state index in [1.54, 1.807) is 0 Å². The van der Waals surface area contributed by atoms with Gasteiger partial charge >= 0.3 is 0 Å². The topological polar surface area (TPSA) is 36.9 Å². The summed E-state index contributed by atoms with van der Waals surface area (Å²) in [5.74, 6) is 1.01. The Kier molecular flexibility index (Phi) is 6.71. The van der Waals surface area contributed by atoms with Crippen LogP contribution in [0.25, 0.3) is 0 Å². The molecule has 0 aliphatic heterocycles. The SMILES string of the molecule is CC(C)c1c(C(C)(C)C)ccc(OOOOC(C)(C)C)c1C(C)(C)C. The molecule has 0 fully saturated rings. The standard InChI is InChI=1S/C21H36O4/c1-14(2)17-15(19(3,4)5)12-13-16(18(17)20(6,7)8)22-24-25-23-21(9,10)11/h12-14H,1-11H3. The van der Waals surface area contributed by atoms with E-state index in [0.717, 1.165) is 5.56 Å². The van der Waals surface area contributed by atoms with Gasteiger partial charge in [-0.2, -0.15) is 4.89 Å². The molecule has 0 saturated carbocycles. The second-order valence-electron chi connectivity index (χ2n) is 9.97. The summed E-state index contributed by atoms with van der Waals surface area (Å²) in [6.45, 7) is 23.3. The maximum Gasteiger partial charge on any atom is 0.172 e. The Bertz CT molecular complexity index is 569.